The van der Waals surface area contributed by atoms with Crippen LogP contribution in [0.3, 0.4) is 0 Å². The van der Waals surface area contributed by atoms with Gasteiger partial charge in [-0.2, -0.15) is 23.3 Å². The summed E-state index contributed by atoms with van der Waals surface area (Å²) in [6, 6.07) is 4.25. The minimum absolute atomic E-state index is 0.0659. The standard InChI is InChI=1S/C22H23F3N8O/c1-13-20(34)33-8-3-4-16-18(33)19(31(13)2)29-21(28-16)27-11-14-5-6-15(26-10-14)12-32-9-7-17(30-32)22(23,24)25/h5-7,9-10,13H,3-4,8,11-12H2,1-2H3,(H,27,28,29). The molecule has 3 aromatic rings. The highest BCUT2D eigenvalue weighted by Gasteiger charge is 2.38. The van der Waals surface area contributed by atoms with Gasteiger partial charge >= 0.3 is 6.18 Å². The third-order valence-electron chi connectivity index (χ3n) is 6.13. The molecule has 0 bridgehead atoms. The number of likely N-dealkylation sites (N-methyl/N-ethyl adjacent to an activating group) is 1. The van der Waals surface area contributed by atoms with E-state index in [4.69, 9.17) is 0 Å². The van der Waals surface area contributed by atoms with Gasteiger partial charge in [0.25, 0.3) is 0 Å². The summed E-state index contributed by atoms with van der Waals surface area (Å²) < 4.78 is 39.3. The van der Waals surface area contributed by atoms with Gasteiger partial charge in [-0.1, -0.05) is 6.07 Å². The van der Waals surface area contributed by atoms with Crippen molar-refractivity contribution in [2.45, 2.75) is 45.1 Å². The molecule has 0 aliphatic carbocycles. The number of hydrogen-bond acceptors (Lipinski definition) is 7. The fourth-order valence-electron chi connectivity index (χ4n) is 4.18. The summed E-state index contributed by atoms with van der Waals surface area (Å²) >= 11 is 0. The van der Waals surface area contributed by atoms with Crippen LogP contribution >= 0.6 is 0 Å². The van der Waals surface area contributed by atoms with E-state index in [1.54, 1.807) is 17.2 Å². The minimum Gasteiger partial charge on any atom is -0.350 e. The predicted molar refractivity (Wildman–Crippen MR) is 118 cm³/mol. The van der Waals surface area contributed by atoms with Gasteiger partial charge in [-0.15, -0.1) is 0 Å². The molecule has 2 aliphatic heterocycles. The van der Waals surface area contributed by atoms with Crippen molar-refractivity contribution in [2.75, 3.05) is 28.7 Å². The van der Waals surface area contributed by atoms with Crippen molar-refractivity contribution in [3.05, 3.63) is 53.2 Å². The average molecular weight is 472 g/mol. The summed E-state index contributed by atoms with van der Waals surface area (Å²) in [6.45, 7) is 3.12. The van der Waals surface area contributed by atoms with Crippen molar-refractivity contribution >= 4 is 23.4 Å². The van der Waals surface area contributed by atoms with E-state index in [2.05, 4.69) is 25.4 Å². The fourth-order valence-corrected chi connectivity index (χ4v) is 4.18. The van der Waals surface area contributed by atoms with Gasteiger partial charge in [0, 0.05) is 32.5 Å². The van der Waals surface area contributed by atoms with Crippen molar-refractivity contribution in [2.24, 2.45) is 0 Å². The third-order valence-corrected chi connectivity index (χ3v) is 6.13. The third kappa shape index (κ3) is 4.03. The quantitative estimate of drug-likeness (QED) is 0.611. The molecule has 1 N–H and O–H groups in total. The lowest BCUT2D eigenvalue weighted by Gasteiger charge is -2.41. The number of alkyl halides is 3. The van der Waals surface area contributed by atoms with E-state index in [-0.39, 0.29) is 18.5 Å². The molecular weight excluding hydrogens is 449 g/mol. The summed E-state index contributed by atoms with van der Waals surface area (Å²) in [6.07, 6.45) is 0.120. The molecule has 5 rings (SSSR count). The van der Waals surface area contributed by atoms with E-state index in [0.29, 0.717) is 24.7 Å². The number of halogens is 3. The zero-order valence-corrected chi connectivity index (χ0v) is 18.7. The largest absolute Gasteiger partial charge is 0.435 e. The maximum Gasteiger partial charge on any atom is 0.435 e. The number of aryl methyl sites for hydroxylation is 1. The number of carbonyl (C=O) groups excluding carboxylic acids is 1. The van der Waals surface area contributed by atoms with Crippen LogP contribution in [0.5, 0.6) is 0 Å². The second kappa shape index (κ2) is 8.26. The first-order valence-electron chi connectivity index (χ1n) is 10.9. The van der Waals surface area contributed by atoms with Crippen molar-refractivity contribution in [3.63, 3.8) is 0 Å². The molecule has 12 heteroatoms. The lowest BCUT2D eigenvalue weighted by atomic mass is 10.0. The van der Waals surface area contributed by atoms with Crippen LogP contribution in [0.1, 0.15) is 36.0 Å². The summed E-state index contributed by atoms with van der Waals surface area (Å²) in [4.78, 5) is 30.0. The van der Waals surface area contributed by atoms with Crippen molar-refractivity contribution in [1.82, 2.24) is 24.7 Å². The molecule has 1 unspecified atom stereocenters. The number of pyridine rings is 1. The Hall–Kier alpha value is -3.70. The van der Waals surface area contributed by atoms with E-state index in [0.717, 1.165) is 41.7 Å². The SMILES string of the molecule is CC1C(=O)N2CCCc3nc(NCc4ccc(Cn5ccc(C(F)(F)F)n5)nc4)nc(c32)N1C. The van der Waals surface area contributed by atoms with Crippen molar-refractivity contribution in [1.29, 1.82) is 0 Å². The Morgan fingerprint density at radius 2 is 2.03 bits per heavy atom. The van der Waals surface area contributed by atoms with E-state index < -0.39 is 11.9 Å². The predicted octanol–water partition coefficient (Wildman–Crippen LogP) is 2.86. The first kappa shape index (κ1) is 22.1. The van der Waals surface area contributed by atoms with Gasteiger partial charge in [0.15, 0.2) is 11.5 Å². The van der Waals surface area contributed by atoms with Gasteiger partial charge in [-0.05, 0) is 37.5 Å². The summed E-state index contributed by atoms with van der Waals surface area (Å²) in [7, 11) is 1.86. The molecule has 5 heterocycles. The zero-order valence-electron chi connectivity index (χ0n) is 18.7. The molecule has 1 atom stereocenters. The smallest absolute Gasteiger partial charge is 0.350 e. The van der Waals surface area contributed by atoms with Gasteiger partial charge in [-0.3, -0.25) is 14.5 Å². The molecule has 0 radical (unpaired) electrons. The molecule has 0 saturated heterocycles. The molecule has 2 aliphatic rings. The van der Waals surface area contributed by atoms with Crippen LogP contribution in [0.25, 0.3) is 0 Å². The Labute approximate surface area is 193 Å². The fraction of sp³-hybridized carbons (Fsp3) is 0.409. The highest BCUT2D eigenvalue weighted by atomic mass is 19.4. The van der Waals surface area contributed by atoms with E-state index >= 15 is 0 Å². The molecule has 178 valence electrons. The monoisotopic (exact) mass is 472 g/mol. The molecule has 3 aromatic heterocycles. The van der Waals surface area contributed by atoms with Crippen LogP contribution in [0.4, 0.5) is 30.6 Å². The van der Waals surface area contributed by atoms with Gasteiger partial charge in [0.2, 0.25) is 11.9 Å². The number of amides is 1. The van der Waals surface area contributed by atoms with E-state index in [9.17, 15) is 18.0 Å². The Morgan fingerprint density at radius 1 is 1.21 bits per heavy atom. The molecular formula is C22H23F3N8O. The molecule has 9 nitrogen and oxygen atoms in total. The van der Waals surface area contributed by atoms with Crippen LogP contribution in [0.2, 0.25) is 0 Å². The topological polar surface area (TPSA) is 92.1 Å². The second-order valence-electron chi connectivity index (χ2n) is 8.45. The highest BCUT2D eigenvalue weighted by molar-refractivity contribution is 6.05. The van der Waals surface area contributed by atoms with Crippen molar-refractivity contribution < 1.29 is 18.0 Å². The summed E-state index contributed by atoms with van der Waals surface area (Å²) in [5.74, 6) is 1.28. The van der Waals surface area contributed by atoms with E-state index in [1.807, 2.05) is 24.9 Å². The molecule has 0 spiro atoms. The minimum atomic E-state index is -4.47. The molecule has 0 saturated carbocycles. The van der Waals surface area contributed by atoms with Crippen LogP contribution in [-0.2, 0) is 30.5 Å². The number of nitrogens with zero attached hydrogens (tertiary/aromatic N) is 7. The average Bonchev–Trinajstić information content (AvgIpc) is 3.29. The lowest BCUT2D eigenvalue weighted by molar-refractivity contribution is -0.141. The summed E-state index contributed by atoms with van der Waals surface area (Å²) in [5.41, 5.74) is 2.20. The number of anilines is 3. The van der Waals surface area contributed by atoms with Crippen LogP contribution < -0.4 is 15.1 Å². The maximum absolute atomic E-state index is 12.7. The zero-order chi connectivity index (χ0) is 24.0. The van der Waals surface area contributed by atoms with Crippen LogP contribution in [0, 0.1) is 0 Å². The van der Waals surface area contributed by atoms with Gasteiger partial charge < -0.3 is 15.1 Å². The lowest BCUT2D eigenvalue weighted by Crippen LogP contribution is -2.53. The first-order valence-corrected chi connectivity index (χ1v) is 10.9. The molecule has 0 aromatic carbocycles. The maximum atomic E-state index is 12.7. The first-order chi connectivity index (χ1) is 16.2. The number of hydrogen-bond donors (Lipinski definition) is 1. The van der Waals surface area contributed by atoms with Crippen LogP contribution in [0.15, 0.2) is 30.6 Å². The second-order valence-corrected chi connectivity index (χ2v) is 8.45. The molecule has 0 fully saturated rings. The summed E-state index contributed by atoms with van der Waals surface area (Å²) in [5, 5.41) is 6.77. The number of carbonyl (C=O) groups is 1. The molecule has 1 amide bonds. The normalized spacial score (nSPS) is 17.7. The van der Waals surface area contributed by atoms with Gasteiger partial charge in [0.1, 0.15) is 11.7 Å². The van der Waals surface area contributed by atoms with Gasteiger partial charge in [0.05, 0.1) is 17.9 Å². The number of rotatable bonds is 5. The number of aromatic nitrogens is 5. The Morgan fingerprint density at radius 3 is 2.74 bits per heavy atom. The Kier molecular flexibility index (Phi) is 5.37. The Balaban J connectivity index is 1.28. The molecule has 34 heavy (non-hydrogen) atoms. The highest BCUT2D eigenvalue weighted by Crippen LogP contribution is 2.39. The van der Waals surface area contributed by atoms with Gasteiger partial charge in [-0.25, -0.2) is 4.98 Å². The Bertz CT molecular complexity index is 1220. The van der Waals surface area contributed by atoms with Crippen molar-refractivity contribution in [3.8, 4) is 0 Å². The van der Waals surface area contributed by atoms with E-state index in [1.165, 1.54) is 10.9 Å². The number of nitrogens with one attached hydrogen (secondary N) is 1. The van der Waals surface area contributed by atoms with Crippen LogP contribution in [-0.4, -0.2) is 50.3 Å².